The van der Waals surface area contributed by atoms with E-state index in [1.165, 1.54) is 25.9 Å². The van der Waals surface area contributed by atoms with Crippen LogP contribution in [-0.2, 0) is 0 Å². The number of likely N-dealkylation sites (tertiary alicyclic amines) is 1. The predicted octanol–water partition coefficient (Wildman–Crippen LogP) is 3.89. The number of rotatable bonds is 3. The van der Waals surface area contributed by atoms with Gasteiger partial charge in [0.25, 0.3) is 0 Å². The number of halogens is 2. The van der Waals surface area contributed by atoms with Crippen LogP contribution in [0.25, 0.3) is 0 Å². The van der Waals surface area contributed by atoms with Gasteiger partial charge in [-0.05, 0) is 37.6 Å². The summed E-state index contributed by atoms with van der Waals surface area (Å²) in [5.41, 5.74) is 1.06. The van der Waals surface area contributed by atoms with Gasteiger partial charge >= 0.3 is 0 Å². The molecule has 2 rings (SSSR count). The van der Waals surface area contributed by atoms with Gasteiger partial charge in [-0.3, -0.25) is 0 Å². The average Bonchev–Trinajstić information content (AvgIpc) is 2.35. The van der Waals surface area contributed by atoms with E-state index in [1.54, 1.807) is 0 Å². The molecule has 1 heterocycles. The van der Waals surface area contributed by atoms with Crippen molar-refractivity contribution in [2.24, 2.45) is 0 Å². The highest BCUT2D eigenvalue weighted by Gasteiger charge is 2.17. The number of hydrogen-bond acceptors (Lipinski definition) is 2. The Hall–Kier alpha value is -0.440. The quantitative estimate of drug-likeness (QED) is 0.898. The fourth-order valence-corrected chi connectivity index (χ4v) is 2.51. The van der Waals surface area contributed by atoms with Gasteiger partial charge < -0.3 is 10.2 Å². The lowest BCUT2D eigenvalue weighted by Gasteiger charge is -2.32. The van der Waals surface area contributed by atoms with Crippen LogP contribution >= 0.6 is 23.2 Å². The molecule has 1 fully saturated rings. The zero-order chi connectivity index (χ0) is 12.3. The van der Waals surface area contributed by atoms with Crippen LogP contribution in [0.1, 0.15) is 19.8 Å². The fraction of sp³-hybridized carbons (Fsp3) is 0.538. The molecule has 0 aliphatic carbocycles. The Labute approximate surface area is 113 Å². The lowest BCUT2D eigenvalue weighted by Crippen LogP contribution is -2.38. The summed E-state index contributed by atoms with van der Waals surface area (Å²) in [6, 6.07) is 6.28. The molecule has 17 heavy (non-hydrogen) atoms. The first-order chi connectivity index (χ1) is 8.19. The molecule has 0 unspecified atom stereocenters. The Morgan fingerprint density at radius 3 is 2.53 bits per heavy atom. The topological polar surface area (TPSA) is 15.3 Å². The molecule has 1 N–H and O–H groups in total. The summed E-state index contributed by atoms with van der Waals surface area (Å²) in [6.45, 7) is 5.72. The zero-order valence-electron chi connectivity index (χ0n) is 10.0. The molecule has 0 aromatic heterocycles. The minimum absolute atomic E-state index is 0.551. The molecular formula is C13H18Cl2N2. The fourth-order valence-electron chi connectivity index (χ4n) is 2.22. The van der Waals surface area contributed by atoms with Crippen molar-refractivity contribution in [3.63, 3.8) is 0 Å². The minimum Gasteiger partial charge on any atom is -0.382 e. The third-order valence-corrected chi connectivity index (χ3v) is 4.06. The molecule has 1 saturated heterocycles. The largest absolute Gasteiger partial charge is 0.382 e. The number of nitrogens with one attached hydrogen (secondary N) is 1. The van der Waals surface area contributed by atoms with Crippen molar-refractivity contribution in [2.45, 2.75) is 25.8 Å². The van der Waals surface area contributed by atoms with Gasteiger partial charge in [-0.1, -0.05) is 30.1 Å². The standard InChI is InChI=1S/C13H18Cl2N2/c1-2-17-7-5-10(6-8-17)16-11-3-4-12(14)13(15)9-11/h3-4,9-10,16H,2,5-8H2,1H3. The second-order valence-corrected chi connectivity index (χ2v) is 5.30. The van der Waals surface area contributed by atoms with Crippen LogP contribution in [0.5, 0.6) is 0 Å². The molecule has 0 spiro atoms. The lowest BCUT2D eigenvalue weighted by molar-refractivity contribution is 0.229. The van der Waals surface area contributed by atoms with E-state index in [1.807, 2.05) is 18.2 Å². The monoisotopic (exact) mass is 272 g/mol. The van der Waals surface area contributed by atoms with Crippen molar-refractivity contribution < 1.29 is 0 Å². The number of piperidine rings is 1. The highest BCUT2D eigenvalue weighted by molar-refractivity contribution is 6.42. The highest BCUT2D eigenvalue weighted by Crippen LogP contribution is 2.26. The number of hydrogen-bond donors (Lipinski definition) is 1. The van der Waals surface area contributed by atoms with Gasteiger partial charge in [0.15, 0.2) is 0 Å². The first-order valence-corrected chi connectivity index (χ1v) is 6.88. The van der Waals surface area contributed by atoms with E-state index >= 15 is 0 Å². The molecule has 94 valence electrons. The van der Waals surface area contributed by atoms with Gasteiger partial charge in [-0.2, -0.15) is 0 Å². The molecule has 0 radical (unpaired) electrons. The maximum atomic E-state index is 6.00. The molecule has 0 amide bonds. The second-order valence-electron chi connectivity index (χ2n) is 4.48. The average molecular weight is 273 g/mol. The molecule has 2 nitrogen and oxygen atoms in total. The Morgan fingerprint density at radius 2 is 1.94 bits per heavy atom. The molecule has 1 aromatic carbocycles. The Kier molecular flexibility index (Phi) is 4.55. The van der Waals surface area contributed by atoms with E-state index in [9.17, 15) is 0 Å². The van der Waals surface area contributed by atoms with E-state index < -0.39 is 0 Å². The molecule has 1 aliphatic rings. The Morgan fingerprint density at radius 1 is 1.24 bits per heavy atom. The summed E-state index contributed by atoms with van der Waals surface area (Å²) in [5.74, 6) is 0. The number of anilines is 1. The molecule has 0 saturated carbocycles. The van der Waals surface area contributed by atoms with Crippen LogP contribution in [0.4, 0.5) is 5.69 Å². The molecule has 1 aliphatic heterocycles. The minimum atomic E-state index is 0.551. The summed E-state index contributed by atoms with van der Waals surface area (Å²) in [4.78, 5) is 2.48. The maximum absolute atomic E-state index is 6.00. The normalized spacial score (nSPS) is 18.3. The van der Waals surface area contributed by atoms with Gasteiger partial charge in [-0.15, -0.1) is 0 Å². The molecule has 0 bridgehead atoms. The summed E-state index contributed by atoms with van der Waals surface area (Å²) >= 11 is 11.9. The van der Waals surface area contributed by atoms with Gasteiger partial charge in [-0.25, -0.2) is 0 Å². The molecular weight excluding hydrogens is 255 g/mol. The van der Waals surface area contributed by atoms with E-state index in [0.717, 1.165) is 12.2 Å². The van der Waals surface area contributed by atoms with Crippen molar-refractivity contribution >= 4 is 28.9 Å². The Balaban J connectivity index is 1.91. The van der Waals surface area contributed by atoms with Crippen LogP contribution in [0.2, 0.25) is 10.0 Å². The summed E-state index contributed by atoms with van der Waals surface area (Å²) in [7, 11) is 0. The van der Waals surface area contributed by atoms with Crippen LogP contribution in [0, 0.1) is 0 Å². The third-order valence-electron chi connectivity index (χ3n) is 3.33. The van der Waals surface area contributed by atoms with Crippen LogP contribution in [0.15, 0.2) is 18.2 Å². The maximum Gasteiger partial charge on any atom is 0.0612 e. The second kappa shape index (κ2) is 5.94. The van der Waals surface area contributed by atoms with Crippen molar-refractivity contribution in [1.29, 1.82) is 0 Å². The first-order valence-electron chi connectivity index (χ1n) is 6.13. The molecule has 1 aromatic rings. The number of nitrogens with zero attached hydrogens (tertiary/aromatic N) is 1. The van der Waals surface area contributed by atoms with Crippen molar-refractivity contribution in [3.8, 4) is 0 Å². The lowest BCUT2D eigenvalue weighted by atomic mass is 10.0. The van der Waals surface area contributed by atoms with Gasteiger partial charge in [0.2, 0.25) is 0 Å². The van der Waals surface area contributed by atoms with Crippen LogP contribution < -0.4 is 5.32 Å². The van der Waals surface area contributed by atoms with Gasteiger partial charge in [0, 0.05) is 24.8 Å². The Bertz CT molecular complexity index is 374. The summed E-state index contributed by atoms with van der Waals surface area (Å²) in [6.07, 6.45) is 2.38. The van der Waals surface area contributed by atoms with E-state index in [-0.39, 0.29) is 0 Å². The summed E-state index contributed by atoms with van der Waals surface area (Å²) < 4.78 is 0. The predicted molar refractivity (Wildman–Crippen MR) is 75.2 cm³/mol. The van der Waals surface area contributed by atoms with Crippen LogP contribution in [-0.4, -0.2) is 30.6 Å². The zero-order valence-corrected chi connectivity index (χ0v) is 11.6. The SMILES string of the molecule is CCN1CCC(Nc2ccc(Cl)c(Cl)c2)CC1. The first kappa shape index (κ1) is 13.0. The van der Waals surface area contributed by atoms with Gasteiger partial charge in [0.1, 0.15) is 0 Å². The molecule has 0 atom stereocenters. The molecule has 4 heteroatoms. The van der Waals surface area contributed by atoms with E-state index in [2.05, 4.69) is 17.1 Å². The van der Waals surface area contributed by atoms with Crippen molar-refractivity contribution in [3.05, 3.63) is 28.2 Å². The van der Waals surface area contributed by atoms with Gasteiger partial charge in [0.05, 0.1) is 10.0 Å². The summed E-state index contributed by atoms with van der Waals surface area (Å²) in [5, 5.41) is 4.75. The highest BCUT2D eigenvalue weighted by atomic mass is 35.5. The van der Waals surface area contributed by atoms with Crippen molar-refractivity contribution in [1.82, 2.24) is 4.90 Å². The smallest absolute Gasteiger partial charge is 0.0612 e. The van der Waals surface area contributed by atoms with E-state index in [4.69, 9.17) is 23.2 Å². The van der Waals surface area contributed by atoms with Crippen LogP contribution in [0.3, 0.4) is 0 Å². The van der Waals surface area contributed by atoms with Crippen molar-refractivity contribution in [2.75, 3.05) is 25.0 Å². The third kappa shape index (κ3) is 3.51. The number of benzene rings is 1. The van der Waals surface area contributed by atoms with E-state index in [0.29, 0.717) is 16.1 Å².